The molecule has 5 rings (SSSR count). The van der Waals surface area contributed by atoms with Crippen molar-refractivity contribution in [3.63, 3.8) is 0 Å². The van der Waals surface area contributed by atoms with E-state index in [1.54, 1.807) is 16.6 Å². The molecular weight excluding hydrogens is 455 g/mol. The second-order valence-electron chi connectivity index (χ2n) is 9.44. The van der Waals surface area contributed by atoms with Crippen molar-refractivity contribution in [2.45, 2.75) is 51.7 Å². The number of benzene rings is 2. The van der Waals surface area contributed by atoms with Crippen molar-refractivity contribution >= 4 is 5.65 Å². The maximum absolute atomic E-state index is 13.6. The van der Waals surface area contributed by atoms with E-state index in [4.69, 9.17) is 9.47 Å². The van der Waals surface area contributed by atoms with Crippen LogP contribution in [0, 0.1) is 5.82 Å². The predicted octanol–water partition coefficient (Wildman–Crippen LogP) is 6.32. The molecule has 0 unspecified atom stereocenters. The molecule has 188 valence electrons. The molecule has 0 spiro atoms. The number of imidazole rings is 1. The smallest absolute Gasteiger partial charge is 0.232 e. The van der Waals surface area contributed by atoms with Crippen molar-refractivity contribution in [1.82, 2.24) is 19.5 Å². The molecule has 1 aliphatic rings. The van der Waals surface area contributed by atoms with Gasteiger partial charge >= 0.3 is 0 Å². The van der Waals surface area contributed by atoms with E-state index in [0.29, 0.717) is 5.88 Å². The Morgan fingerprint density at radius 3 is 2.61 bits per heavy atom. The first-order valence-electron chi connectivity index (χ1n) is 12.9. The Labute approximate surface area is 211 Å². The summed E-state index contributed by atoms with van der Waals surface area (Å²) >= 11 is 0. The minimum atomic E-state index is -0.340. The Balaban J connectivity index is 1.25. The van der Waals surface area contributed by atoms with Crippen LogP contribution in [0.25, 0.3) is 16.9 Å². The van der Waals surface area contributed by atoms with Crippen LogP contribution in [-0.2, 0) is 0 Å². The Bertz CT molecular complexity index is 1280. The fourth-order valence-electron chi connectivity index (χ4n) is 4.65. The lowest BCUT2D eigenvalue weighted by Gasteiger charge is -2.32. The van der Waals surface area contributed by atoms with Crippen molar-refractivity contribution in [3.8, 4) is 22.9 Å². The Kier molecular flexibility index (Phi) is 7.47. The first-order valence-corrected chi connectivity index (χ1v) is 12.9. The van der Waals surface area contributed by atoms with Crippen LogP contribution in [-0.4, -0.2) is 45.2 Å². The second-order valence-corrected chi connectivity index (χ2v) is 9.44. The fourth-order valence-corrected chi connectivity index (χ4v) is 4.65. The molecule has 6 nitrogen and oxygen atoms in total. The summed E-state index contributed by atoms with van der Waals surface area (Å²) in [5.41, 5.74) is 3.34. The molecule has 1 atom stereocenters. The molecule has 0 bridgehead atoms. The number of piperidine rings is 1. The molecular formula is C29H33FN4O2. The van der Waals surface area contributed by atoms with Crippen LogP contribution in [0.4, 0.5) is 4.39 Å². The minimum Gasteiger partial charge on any atom is -0.490 e. The number of hydrogen-bond donors (Lipinski definition) is 0. The molecule has 0 radical (unpaired) electrons. The summed E-state index contributed by atoms with van der Waals surface area (Å²) in [5, 5.41) is 4.65. The van der Waals surface area contributed by atoms with Crippen LogP contribution in [0.2, 0.25) is 0 Å². The van der Waals surface area contributed by atoms with Gasteiger partial charge in [0.15, 0.2) is 5.65 Å². The Hall–Kier alpha value is -3.45. The fraction of sp³-hybridized carbons (Fsp3) is 0.379. The molecule has 0 aliphatic carbocycles. The number of likely N-dealkylation sites (tertiary alicyclic amines) is 1. The number of nitrogens with zero attached hydrogens (tertiary/aromatic N) is 4. The van der Waals surface area contributed by atoms with Gasteiger partial charge in [0.25, 0.3) is 0 Å². The largest absolute Gasteiger partial charge is 0.490 e. The van der Waals surface area contributed by atoms with E-state index in [2.05, 4.69) is 21.9 Å². The van der Waals surface area contributed by atoms with E-state index in [1.165, 1.54) is 31.5 Å². The second kappa shape index (κ2) is 11.1. The van der Waals surface area contributed by atoms with Crippen molar-refractivity contribution < 1.29 is 13.9 Å². The monoisotopic (exact) mass is 488 g/mol. The maximum Gasteiger partial charge on any atom is 0.232 e. The number of unbranched alkanes of at least 4 members (excludes halogenated alkanes) is 1. The van der Waals surface area contributed by atoms with Gasteiger partial charge in [0.1, 0.15) is 23.8 Å². The summed E-state index contributed by atoms with van der Waals surface area (Å²) in [6.45, 7) is 7.53. The lowest BCUT2D eigenvalue weighted by Crippen LogP contribution is -2.38. The van der Waals surface area contributed by atoms with Gasteiger partial charge in [-0.3, -0.25) is 0 Å². The average Bonchev–Trinajstić information content (AvgIpc) is 3.32. The van der Waals surface area contributed by atoms with Crippen molar-refractivity contribution in [1.29, 1.82) is 0 Å². The molecule has 2 aromatic heterocycles. The average molecular weight is 489 g/mol. The maximum atomic E-state index is 13.6. The van der Waals surface area contributed by atoms with Crippen molar-refractivity contribution in [2.24, 2.45) is 0 Å². The van der Waals surface area contributed by atoms with E-state index >= 15 is 0 Å². The number of aromatic nitrogens is 3. The first-order chi connectivity index (χ1) is 17.6. The lowest BCUT2D eigenvalue weighted by molar-refractivity contribution is 0.0998. The summed E-state index contributed by atoms with van der Waals surface area (Å²) in [6, 6.07) is 18.2. The zero-order valence-corrected chi connectivity index (χ0v) is 20.9. The SMILES string of the molecule is CCCCN1CCC(Oc2ccc(-c3cnc4ccc(O[C@H](C)c5cccc(F)c5)nn34)cc2)CC1. The third-order valence-corrected chi connectivity index (χ3v) is 6.77. The number of halogens is 1. The topological polar surface area (TPSA) is 51.9 Å². The molecule has 3 heterocycles. The van der Waals surface area contributed by atoms with Gasteiger partial charge in [-0.15, -0.1) is 5.10 Å². The van der Waals surface area contributed by atoms with Gasteiger partial charge in [-0.25, -0.2) is 13.9 Å². The molecule has 1 fully saturated rings. The van der Waals surface area contributed by atoms with Crippen LogP contribution < -0.4 is 9.47 Å². The van der Waals surface area contributed by atoms with Crippen LogP contribution in [0.1, 0.15) is 51.2 Å². The molecule has 36 heavy (non-hydrogen) atoms. The highest BCUT2D eigenvalue weighted by Gasteiger charge is 2.20. The molecule has 0 saturated carbocycles. The van der Waals surface area contributed by atoms with Crippen LogP contribution in [0.5, 0.6) is 11.6 Å². The highest BCUT2D eigenvalue weighted by molar-refractivity contribution is 5.63. The third-order valence-electron chi connectivity index (χ3n) is 6.77. The van der Waals surface area contributed by atoms with Crippen LogP contribution >= 0.6 is 0 Å². The molecule has 1 aliphatic heterocycles. The van der Waals surface area contributed by atoms with Gasteiger partial charge in [0.05, 0.1) is 11.9 Å². The molecule has 7 heteroatoms. The number of hydrogen-bond acceptors (Lipinski definition) is 5. The van der Waals surface area contributed by atoms with E-state index in [9.17, 15) is 4.39 Å². The highest BCUT2D eigenvalue weighted by Crippen LogP contribution is 2.27. The van der Waals surface area contributed by atoms with Crippen molar-refractivity contribution in [3.05, 3.63) is 78.2 Å². The predicted molar refractivity (Wildman–Crippen MR) is 139 cm³/mol. The van der Waals surface area contributed by atoms with Gasteiger partial charge in [0.2, 0.25) is 5.88 Å². The van der Waals surface area contributed by atoms with Gasteiger partial charge in [0, 0.05) is 24.7 Å². The summed E-state index contributed by atoms with van der Waals surface area (Å²) < 4.78 is 27.6. The molecule has 4 aromatic rings. The van der Waals surface area contributed by atoms with Gasteiger partial charge < -0.3 is 14.4 Å². The van der Waals surface area contributed by atoms with E-state index < -0.39 is 0 Å². The zero-order chi connectivity index (χ0) is 24.9. The van der Waals surface area contributed by atoms with Crippen LogP contribution in [0.3, 0.4) is 0 Å². The summed E-state index contributed by atoms with van der Waals surface area (Å²) in [7, 11) is 0. The molecule has 2 aromatic carbocycles. The normalized spacial score (nSPS) is 15.8. The third kappa shape index (κ3) is 5.68. The highest BCUT2D eigenvalue weighted by atomic mass is 19.1. The lowest BCUT2D eigenvalue weighted by atomic mass is 10.1. The van der Waals surface area contributed by atoms with Gasteiger partial charge in [-0.2, -0.15) is 0 Å². The molecule has 0 amide bonds. The number of rotatable bonds is 9. The quantitative estimate of drug-likeness (QED) is 0.276. The van der Waals surface area contributed by atoms with Crippen LogP contribution in [0.15, 0.2) is 66.9 Å². The van der Waals surface area contributed by atoms with Gasteiger partial charge in [-0.05, 0) is 80.8 Å². The zero-order valence-electron chi connectivity index (χ0n) is 20.9. The van der Waals surface area contributed by atoms with Crippen molar-refractivity contribution in [2.75, 3.05) is 19.6 Å². The first kappa shape index (κ1) is 24.3. The number of fused-ring (bicyclic) bond motifs is 1. The van der Waals surface area contributed by atoms with E-state index in [-0.39, 0.29) is 18.0 Å². The van der Waals surface area contributed by atoms with E-state index in [1.807, 2.05) is 49.5 Å². The van der Waals surface area contributed by atoms with E-state index in [0.717, 1.165) is 54.1 Å². The summed E-state index contributed by atoms with van der Waals surface area (Å²) in [4.78, 5) is 7.03. The Morgan fingerprint density at radius 1 is 1.06 bits per heavy atom. The molecule has 0 N–H and O–H groups in total. The standard InChI is InChI=1S/C29H33FN4O2/c1-3-4-16-33-17-14-26(15-18-33)36-25-10-8-22(9-11-25)27-20-31-28-12-13-29(32-34(27)28)35-21(2)23-6-5-7-24(30)19-23/h5-13,19-21,26H,3-4,14-18H2,1-2H3/t21-/m1/s1. The Morgan fingerprint density at radius 2 is 1.86 bits per heavy atom. The summed E-state index contributed by atoms with van der Waals surface area (Å²) in [5.74, 6) is 1.05. The molecule has 1 saturated heterocycles. The number of ether oxygens (including phenoxy) is 2. The summed E-state index contributed by atoms with van der Waals surface area (Å²) in [6.07, 6.45) is 6.39. The minimum absolute atomic E-state index is 0.269. The van der Waals surface area contributed by atoms with Gasteiger partial charge in [-0.1, -0.05) is 25.5 Å².